The molecule has 0 amide bonds. The summed E-state index contributed by atoms with van der Waals surface area (Å²) in [5, 5.41) is 10.6. The molecular weight excluding hydrogens is 1190 g/mol. The smallest absolute Gasteiger partial charge is 0.462 e. The lowest BCUT2D eigenvalue weighted by atomic mass is 10.00. The zero-order chi connectivity index (χ0) is 66.8. The number of aliphatic hydroxyl groups is 1. The molecule has 6 atom stereocenters. The van der Waals surface area contributed by atoms with Crippen molar-refractivity contribution in [1.82, 2.24) is 0 Å². The van der Waals surface area contributed by atoms with E-state index < -0.39 is 97.5 Å². The minimum Gasteiger partial charge on any atom is -0.462 e. The third-order valence-corrected chi connectivity index (χ3v) is 18.6. The summed E-state index contributed by atoms with van der Waals surface area (Å²) < 4.78 is 68.3. The predicted molar refractivity (Wildman–Crippen MR) is 363 cm³/mol. The van der Waals surface area contributed by atoms with Gasteiger partial charge < -0.3 is 33.8 Å². The molecule has 0 rings (SSSR count). The number of unbranched alkanes of at least 4 members (excludes halogenated alkanes) is 33. The first kappa shape index (κ1) is 88.1. The van der Waals surface area contributed by atoms with Crippen molar-refractivity contribution in [2.24, 2.45) is 23.7 Å². The predicted octanol–water partition coefficient (Wildman–Crippen LogP) is 20.1. The number of carbonyl (C=O) groups is 4. The summed E-state index contributed by atoms with van der Waals surface area (Å²) in [6.07, 6.45) is 43.1. The molecule has 0 aromatic rings. The van der Waals surface area contributed by atoms with Crippen LogP contribution in [0.4, 0.5) is 0 Å². The summed E-state index contributed by atoms with van der Waals surface area (Å²) in [6, 6.07) is 0. The van der Waals surface area contributed by atoms with Gasteiger partial charge in [-0.3, -0.25) is 37.3 Å². The van der Waals surface area contributed by atoms with Crippen LogP contribution in [-0.4, -0.2) is 96.7 Å². The monoisotopic (exact) mass is 1320 g/mol. The Morgan fingerprint density at radius 1 is 0.311 bits per heavy atom. The van der Waals surface area contributed by atoms with E-state index in [9.17, 15) is 43.2 Å². The van der Waals surface area contributed by atoms with Gasteiger partial charge in [-0.1, -0.05) is 299 Å². The van der Waals surface area contributed by atoms with Crippen molar-refractivity contribution in [1.29, 1.82) is 0 Å². The molecule has 0 fully saturated rings. The van der Waals surface area contributed by atoms with Crippen LogP contribution in [0.3, 0.4) is 0 Å². The highest BCUT2D eigenvalue weighted by Crippen LogP contribution is 2.45. The second kappa shape index (κ2) is 60.7. The van der Waals surface area contributed by atoms with Gasteiger partial charge in [-0.2, -0.15) is 0 Å². The van der Waals surface area contributed by atoms with Crippen LogP contribution < -0.4 is 0 Å². The summed E-state index contributed by atoms with van der Waals surface area (Å²) in [5.41, 5.74) is 0. The van der Waals surface area contributed by atoms with Crippen molar-refractivity contribution in [3.63, 3.8) is 0 Å². The Bertz CT molecular complexity index is 1780. The second-order valence-electron chi connectivity index (χ2n) is 27.3. The summed E-state index contributed by atoms with van der Waals surface area (Å²) in [4.78, 5) is 72.6. The highest BCUT2D eigenvalue weighted by atomic mass is 31.2. The quantitative estimate of drug-likeness (QED) is 0.0222. The zero-order valence-corrected chi connectivity index (χ0v) is 60.6. The Kier molecular flexibility index (Phi) is 59.4. The van der Waals surface area contributed by atoms with E-state index in [1.165, 1.54) is 148 Å². The maximum absolute atomic E-state index is 13.0. The maximum Gasteiger partial charge on any atom is 0.472 e. The fourth-order valence-corrected chi connectivity index (χ4v) is 12.2. The highest BCUT2D eigenvalue weighted by molar-refractivity contribution is 7.47. The first-order chi connectivity index (χ1) is 43.1. The average molecular weight is 1330 g/mol. The van der Waals surface area contributed by atoms with E-state index in [1.807, 2.05) is 0 Å². The van der Waals surface area contributed by atoms with Gasteiger partial charge in [-0.15, -0.1) is 0 Å². The first-order valence-corrected chi connectivity index (χ1v) is 39.7. The lowest BCUT2D eigenvalue weighted by molar-refractivity contribution is -0.161. The Hall–Kier alpha value is -1.94. The van der Waals surface area contributed by atoms with E-state index in [4.69, 9.17) is 37.0 Å². The third-order valence-electron chi connectivity index (χ3n) is 16.7. The largest absolute Gasteiger partial charge is 0.472 e. The first-order valence-electron chi connectivity index (χ1n) is 36.7. The molecule has 0 spiro atoms. The van der Waals surface area contributed by atoms with Crippen LogP contribution in [0.25, 0.3) is 0 Å². The number of hydrogen-bond acceptors (Lipinski definition) is 15. The summed E-state index contributed by atoms with van der Waals surface area (Å²) in [6.45, 7) is 14.1. The molecule has 0 bridgehead atoms. The van der Waals surface area contributed by atoms with Crippen LogP contribution >= 0.6 is 15.6 Å². The number of phosphoric ester groups is 2. The molecule has 0 aliphatic carbocycles. The summed E-state index contributed by atoms with van der Waals surface area (Å²) in [7, 11) is -9.90. The van der Waals surface area contributed by atoms with Crippen LogP contribution in [0.1, 0.15) is 351 Å². The molecule has 19 heteroatoms. The van der Waals surface area contributed by atoms with Crippen LogP contribution in [0.15, 0.2) is 0 Å². The fraction of sp³-hybridized carbons (Fsp3) is 0.944. The molecule has 3 N–H and O–H groups in total. The molecular formula is C71H138O17P2. The van der Waals surface area contributed by atoms with E-state index in [0.717, 1.165) is 120 Å². The minimum atomic E-state index is -4.95. The van der Waals surface area contributed by atoms with Gasteiger partial charge in [0.2, 0.25) is 0 Å². The molecule has 0 saturated carbocycles. The zero-order valence-electron chi connectivity index (χ0n) is 58.8. The molecule has 17 nitrogen and oxygen atoms in total. The van der Waals surface area contributed by atoms with Gasteiger partial charge in [0, 0.05) is 25.7 Å². The fourth-order valence-electron chi connectivity index (χ4n) is 10.6. The molecule has 3 unspecified atom stereocenters. The topological polar surface area (TPSA) is 237 Å². The number of ether oxygens (including phenoxy) is 4. The SMILES string of the molecule is CCC(C)CCCCCCCCC(=O)OC[C@H](COP(=O)(O)OC[C@H](O)COP(=O)(O)OC[C@@H](COC(=O)CCCCCCCCCCCCCCCC(C)C)OC(=O)CCCCCCCCCCCC(C)C)OC(=O)CCCCCCCCCCCC(C)C. The summed E-state index contributed by atoms with van der Waals surface area (Å²) in [5.74, 6) is 0.865. The van der Waals surface area contributed by atoms with E-state index in [2.05, 4.69) is 55.4 Å². The minimum absolute atomic E-state index is 0.104. The van der Waals surface area contributed by atoms with Crippen LogP contribution in [0.2, 0.25) is 0 Å². The average Bonchev–Trinajstić information content (AvgIpc) is 3.71. The van der Waals surface area contributed by atoms with Crippen LogP contribution in [0, 0.1) is 23.7 Å². The number of phosphoric acid groups is 2. The molecule has 534 valence electrons. The van der Waals surface area contributed by atoms with Gasteiger partial charge in [0.05, 0.1) is 26.4 Å². The molecule has 0 saturated heterocycles. The van der Waals surface area contributed by atoms with Crippen LogP contribution in [-0.2, 0) is 65.4 Å². The van der Waals surface area contributed by atoms with E-state index in [0.29, 0.717) is 25.7 Å². The molecule has 90 heavy (non-hydrogen) atoms. The Labute approximate surface area is 549 Å². The van der Waals surface area contributed by atoms with E-state index >= 15 is 0 Å². The number of carbonyl (C=O) groups excluding carboxylic acids is 4. The highest BCUT2D eigenvalue weighted by Gasteiger charge is 2.30. The molecule has 0 aliphatic rings. The second-order valence-corrected chi connectivity index (χ2v) is 30.2. The third kappa shape index (κ3) is 63.5. The van der Waals surface area contributed by atoms with Crippen molar-refractivity contribution < 1.29 is 80.2 Å². The summed E-state index contributed by atoms with van der Waals surface area (Å²) >= 11 is 0. The number of aliphatic hydroxyl groups excluding tert-OH is 1. The van der Waals surface area contributed by atoms with E-state index in [1.54, 1.807) is 0 Å². The Morgan fingerprint density at radius 2 is 0.533 bits per heavy atom. The lowest BCUT2D eigenvalue weighted by Crippen LogP contribution is -2.30. The van der Waals surface area contributed by atoms with Crippen molar-refractivity contribution in [3.8, 4) is 0 Å². The molecule has 0 heterocycles. The molecule has 0 radical (unpaired) electrons. The lowest BCUT2D eigenvalue weighted by Gasteiger charge is -2.21. The molecule has 0 aliphatic heterocycles. The molecule has 0 aromatic heterocycles. The van der Waals surface area contributed by atoms with E-state index in [-0.39, 0.29) is 25.7 Å². The van der Waals surface area contributed by atoms with Gasteiger partial charge in [0.25, 0.3) is 0 Å². The number of hydrogen-bond donors (Lipinski definition) is 3. The van der Waals surface area contributed by atoms with Gasteiger partial charge in [-0.25, -0.2) is 9.13 Å². The Balaban J connectivity index is 5.24. The van der Waals surface area contributed by atoms with Crippen molar-refractivity contribution in [2.75, 3.05) is 39.6 Å². The normalized spacial score (nSPS) is 14.6. The van der Waals surface area contributed by atoms with Gasteiger partial charge >= 0.3 is 39.5 Å². The molecule has 0 aromatic carbocycles. The standard InChI is InChI=1S/C71H138O17P2/c1-9-64(8)50-42-34-29-30-36-44-52-69(74)82-58-67(88-71(76)54-46-38-28-22-16-19-25-33-41-49-63(6)7)60-86-90(79,80)84-56-65(72)55-83-89(77,78)85-59-66(87-70(75)53-45-37-27-21-15-18-24-32-40-48-62(4)5)57-81-68(73)51-43-35-26-20-14-12-10-11-13-17-23-31-39-47-61(2)3/h61-67,72H,9-60H2,1-8H3,(H,77,78)(H,79,80)/t64?,65-,66-,67-/m1/s1. The van der Waals surface area contributed by atoms with Crippen LogP contribution in [0.5, 0.6) is 0 Å². The van der Waals surface area contributed by atoms with Crippen molar-refractivity contribution in [3.05, 3.63) is 0 Å². The Morgan fingerprint density at radius 3 is 0.789 bits per heavy atom. The maximum atomic E-state index is 13.0. The van der Waals surface area contributed by atoms with Crippen molar-refractivity contribution in [2.45, 2.75) is 369 Å². The van der Waals surface area contributed by atoms with Gasteiger partial charge in [0.1, 0.15) is 19.3 Å². The van der Waals surface area contributed by atoms with Gasteiger partial charge in [-0.05, 0) is 49.4 Å². The number of rotatable bonds is 68. The number of esters is 4. The van der Waals surface area contributed by atoms with Crippen molar-refractivity contribution >= 4 is 39.5 Å². The van der Waals surface area contributed by atoms with Gasteiger partial charge in [0.15, 0.2) is 12.2 Å².